The number of nitrogens with one attached hydrogen (secondary N) is 1. The van der Waals surface area contributed by atoms with E-state index in [1.54, 1.807) is 13.2 Å². The summed E-state index contributed by atoms with van der Waals surface area (Å²) in [5.74, 6) is 1.99. The zero-order valence-electron chi connectivity index (χ0n) is 12.0. The summed E-state index contributed by atoms with van der Waals surface area (Å²) in [7, 11) is 1.63. The minimum absolute atomic E-state index is 0.388. The van der Waals surface area contributed by atoms with E-state index in [4.69, 9.17) is 16.3 Å². The van der Waals surface area contributed by atoms with E-state index in [1.807, 2.05) is 54.6 Å². The normalized spacial score (nSPS) is 10.3. The average Bonchev–Trinajstić information content (AvgIpc) is 2.55. The number of hydrogen-bond donors (Lipinski definition) is 1. The highest BCUT2D eigenvalue weighted by Crippen LogP contribution is 2.24. The monoisotopic (exact) mass is 311 g/mol. The summed E-state index contributed by atoms with van der Waals surface area (Å²) < 4.78 is 5.21. The minimum Gasteiger partial charge on any atom is -0.497 e. The van der Waals surface area contributed by atoms with Gasteiger partial charge in [-0.05, 0) is 12.1 Å². The number of ether oxygens (including phenoxy) is 1. The van der Waals surface area contributed by atoms with Gasteiger partial charge in [-0.15, -0.1) is 0 Å². The van der Waals surface area contributed by atoms with Crippen LogP contribution in [0.25, 0.3) is 11.4 Å². The van der Waals surface area contributed by atoms with Crippen molar-refractivity contribution in [1.82, 2.24) is 9.97 Å². The molecule has 4 nitrogen and oxygen atoms in total. The highest BCUT2D eigenvalue weighted by atomic mass is 35.5. The SMILES string of the molecule is COc1cccc(Nc2cc(Cl)nc(-c3ccccc3)n2)c1. The van der Waals surface area contributed by atoms with Crippen LogP contribution in [0.1, 0.15) is 0 Å². The molecule has 22 heavy (non-hydrogen) atoms. The summed E-state index contributed by atoms with van der Waals surface area (Å²) in [6.07, 6.45) is 0. The fraction of sp³-hybridized carbons (Fsp3) is 0.0588. The van der Waals surface area contributed by atoms with Crippen LogP contribution in [0.3, 0.4) is 0 Å². The van der Waals surface area contributed by atoms with Crippen molar-refractivity contribution < 1.29 is 4.74 Å². The molecule has 0 amide bonds. The van der Waals surface area contributed by atoms with E-state index >= 15 is 0 Å². The van der Waals surface area contributed by atoms with E-state index < -0.39 is 0 Å². The lowest BCUT2D eigenvalue weighted by Crippen LogP contribution is -1.98. The predicted molar refractivity (Wildman–Crippen MR) is 88.8 cm³/mol. The number of aromatic nitrogens is 2. The molecule has 1 aromatic heterocycles. The van der Waals surface area contributed by atoms with Gasteiger partial charge in [-0.3, -0.25) is 0 Å². The summed E-state index contributed by atoms with van der Waals surface area (Å²) in [6.45, 7) is 0. The molecule has 0 radical (unpaired) electrons. The summed E-state index contributed by atoms with van der Waals surface area (Å²) in [5, 5.41) is 3.60. The maximum Gasteiger partial charge on any atom is 0.163 e. The quantitative estimate of drug-likeness (QED) is 0.718. The molecule has 0 unspecified atom stereocenters. The van der Waals surface area contributed by atoms with Crippen molar-refractivity contribution in [2.45, 2.75) is 0 Å². The molecule has 0 aliphatic heterocycles. The van der Waals surface area contributed by atoms with E-state index in [-0.39, 0.29) is 0 Å². The van der Waals surface area contributed by atoms with Crippen molar-refractivity contribution in [1.29, 1.82) is 0 Å². The Labute approximate surface area is 133 Å². The summed E-state index contributed by atoms with van der Waals surface area (Å²) in [5.41, 5.74) is 1.78. The molecule has 3 aromatic rings. The number of halogens is 1. The zero-order valence-corrected chi connectivity index (χ0v) is 12.7. The molecule has 0 bridgehead atoms. The third-order valence-electron chi connectivity index (χ3n) is 3.07. The van der Waals surface area contributed by atoms with Crippen LogP contribution in [0.5, 0.6) is 5.75 Å². The van der Waals surface area contributed by atoms with Crippen molar-refractivity contribution in [2.75, 3.05) is 12.4 Å². The van der Waals surface area contributed by atoms with Gasteiger partial charge in [0.25, 0.3) is 0 Å². The van der Waals surface area contributed by atoms with Gasteiger partial charge < -0.3 is 10.1 Å². The van der Waals surface area contributed by atoms with Gasteiger partial charge in [0.1, 0.15) is 16.7 Å². The number of rotatable bonds is 4. The minimum atomic E-state index is 0.388. The number of nitrogens with zero attached hydrogens (tertiary/aromatic N) is 2. The van der Waals surface area contributed by atoms with E-state index in [0.29, 0.717) is 16.8 Å². The van der Waals surface area contributed by atoms with Crippen LogP contribution >= 0.6 is 11.6 Å². The molecule has 0 atom stereocenters. The Bertz CT molecular complexity index is 778. The predicted octanol–water partition coefficient (Wildman–Crippen LogP) is 4.55. The van der Waals surface area contributed by atoms with Gasteiger partial charge in [-0.1, -0.05) is 48.0 Å². The summed E-state index contributed by atoms with van der Waals surface area (Å²) >= 11 is 6.11. The molecule has 1 heterocycles. The summed E-state index contributed by atoms with van der Waals surface area (Å²) in [4.78, 5) is 8.78. The smallest absolute Gasteiger partial charge is 0.163 e. The van der Waals surface area contributed by atoms with Crippen molar-refractivity contribution in [3.05, 3.63) is 65.8 Å². The second-order valence-electron chi connectivity index (χ2n) is 4.62. The van der Waals surface area contributed by atoms with Gasteiger partial charge in [-0.2, -0.15) is 0 Å². The Balaban J connectivity index is 1.92. The first kappa shape index (κ1) is 14.4. The van der Waals surface area contributed by atoms with Crippen LogP contribution in [0.2, 0.25) is 5.15 Å². The summed E-state index contributed by atoms with van der Waals surface area (Å²) in [6, 6.07) is 19.0. The molecule has 0 saturated heterocycles. The van der Waals surface area contributed by atoms with Crippen molar-refractivity contribution in [3.63, 3.8) is 0 Å². The van der Waals surface area contributed by atoms with Gasteiger partial charge in [0, 0.05) is 23.4 Å². The Morgan fingerprint density at radius 1 is 0.955 bits per heavy atom. The van der Waals surface area contributed by atoms with E-state index in [1.165, 1.54) is 0 Å². The molecule has 0 fully saturated rings. The van der Waals surface area contributed by atoms with Gasteiger partial charge in [0.2, 0.25) is 0 Å². The van der Waals surface area contributed by atoms with Gasteiger partial charge >= 0.3 is 0 Å². The van der Waals surface area contributed by atoms with Crippen LogP contribution in [0.15, 0.2) is 60.7 Å². The third kappa shape index (κ3) is 3.35. The van der Waals surface area contributed by atoms with Crippen molar-refractivity contribution >= 4 is 23.1 Å². The highest BCUT2D eigenvalue weighted by molar-refractivity contribution is 6.29. The van der Waals surface area contributed by atoms with Crippen LogP contribution in [0.4, 0.5) is 11.5 Å². The van der Waals surface area contributed by atoms with E-state index in [0.717, 1.165) is 17.0 Å². The molecule has 2 aromatic carbocycles. The zero-order chi connectivity index (χ0) is 15.4. The third-order valence-corrected chi connectivity index (χ3v) is 3.26. The van der Waals surface area contributed by atoms with Crippen LogP contribution < -0.4 is 10.1 Å². The Kier molecular flexibility index (Phi) is 4.21. The van der Waals surface area contributed by atoms with Crippen molar-refractivity contribution in [3.8, 4) is 17.1 Å². The maximum atomic E-state index is 6.11. The van der Waals surface area contributed by atoms with Crippen molar-refractivity contribution in [2.24, 2.45) is 0 Å². The molecule has 0 aliphatic carbocycles. The van der Waals surface area contributed by atoms with Crippen LogP contribution in [-0.2, 0) is 0 Å². The molecule has 1 N–H and O–H groups in total. The van der Waals surface area contributed by atoms with Gasteiger partial charge in [0.15, 0.2) is 5.82 Å². The fourth-order valence-electron chi connectivity index (χ4n) is 2.05. The molecular formula is C17H14ClN3O. The topological polar surface area (TPSA) is 47.0 Å². The molecule has 0 saturated carbocycles. The molecule has 110 valence electrons. The van der Waals surface area contributed by atoms with Crippen LogP contribution in [0, 0.1) is 0 Å². The number of methoxy groups -OCH3 is 1. The molecule has 0 aliphatic rings. The molecule has 5 heteroatoms. The fourth-order valence-corrected chi connectivity index (χ4v) is 2.23. The van der Waals surface area contributed by atoms with E-state index in [9.17, 15) is 0 Å². The van der Waals surface area contributed by atoms with E-state index in [2.05, 4.69) is 15.3 Å². The van der Waals surface area contributed by atoms with Crippen LogP contribution in [-0.4, -0.2) is 17.1 Å². The first-order valence-electron chi connectivity index (χ1n) is 6.76. The first-order chi connectivity index (χ1) is 10.7. The highest BCUT2D eigenvalue weighted by Gasteiger charge is 2.06. The molecule has 3 rings (SSSR count). The number of benzene rings is 2. The number of anilines is 2. The first-order valence-corrected chi connectivity index (χ1v) is 7.13. The lowest BCUT2D eigenvalue weighted by atomic mass is 10.2. The maximum absolute atomic E-state index is 6.11. The lowest BCUT2D eigenvalue weighted by Gasteiger charge is -2.09. The van der Waals surface area contributed by atoms with Gasteiger partial charge in [-0.25, -0.2) is 9.97 Å². The number of hydrogen-bond acceptors (Lipinski definition) is 4. The Hall–Kier alpha value is -2.59. The van der Waals surface area contributed by atoms with Gasteiger partial charge in [0.05, 0.1) is 7.11 Å². The second kappa shape index (κ2) is 6.45. The molecular weight excluding hydrogens is 298 g/mol. The Morgan fingerprint density at radius 2 is 1.77 bits per heavy atom. The largest absolute Gasteiger partial charge is 0.497 e. The second-order valence-corrected chi connectivity index (χ2v) is 5.01. The standard InChI is InChI=1S/C17H14ClN3O/c1-22-14-9-5-8-13(10-14)19-16-11-15(18)20-17(21-16)12-6-3-2-4-7-12/h2-11H,1H3,(H,19,20,21). The Morgan fingerprint density at radius 3 is 2.55 bits per heavy atom. The lowest BCUT2D eigenvalue weighted by molar-refractivity contribution is 0.415. The average molecular weight is 312 g/mol. The molecule has 0 spiro atoms.